The summed E-state index contributed by atoms with van der Waals surface area (Å²) in [6.45, 7) is 0. The molecule has 4 N–H and O–H groups in total. The van der Waals surface area contributed by atoms with Gasteiger partial charge < -0.3 is 11.5 Å². The minimum atomic E-state index is -0.568. The van der Waals surface area contributed by atoms with Crippen molar-refractivity contribution in [1.29, 1.82) is 0 Å². The first-order valence-corrected chi connectivity index (χ1v) is 6.41. The summed E-state index contributed by atoms with van der Waals surface area (Å²) >= 11 is 6.00. The second-order valence-electron chi connectivity index (χ2n) is 4.80. The van der Waals surface area contributed by atoms with E-state index in [1.54, 1.807) is 0 Å². The molecule has 0 aliphatic heterocycles. The van der Waals surface area contributed by atoms with Crippen LogP contribution in [0.1, 0.15) is 47.5 Å². The lowest BCUT2D eigenvalue weighted by Gasteiger charge is -2.28. The largest absolute Gasteiger partial charge is 0.366 e. The van der Waals surface area contributed by atoms with Crippen LogP contribution in [0.15, 0.2) is 12.1 Å². The average molecular weight is 271 g/mol. The van der Waals surface area contributed by atoms with Gasteiger partial charge in [0.2, 0.25) is 5.91 Å². The number of carbonyl (C=O) groups excluding carboxylic acids is 1. The highest BCUT2D eigenvalue weighted by Crippen LogP contribution is 2.38. The molecule has 1 aliphatic rings. The highest BCUT2D eigenvalue weighted by atomic mass is 35.5. The van der Waals surface area contributed by atoms with E-state index in [9.17, 15) is 9.18 Å². The van der Waals surface area contributed by atoms with Crippen molar-refractivity contribution in [3.8, 4) is 0 Å². The van der Waals surface area contributed by atoms with Gasteiger partial charge in [0.15, 0.2) is 0 Å². The molecule has 1 aromatic carbocycles. The number of halogens is 2. The van der Waals surface area contributed by atoms with E-state index in [2.05, 4.69) is 0 Å². The maximum Gasteiger partial charge on any atom is 0.249 e. The van der Waals surface area contributed by atoms with Crippen LogP contribution in [0.2, 0.25) is 5.02 Å². The number of rotatable bonds is 2. The Kier molecular flexibility index (Phi) is 3.88. The number of hydrogen-bond donors (Lipinski definition) is 2. The van der Waals surface area contributed by atoms with Crippen LogP contribution >= 0.6 is 11.6 Å². The maximum absolute atomic E-state index is 13.5. The highest BCUT2D eigenvalue weighted by molar-refractivity contribution is 6.32. The number of primary amides is 1. The van der Waals surface area contributed by atoms with Crippen molar-refractivity contribution in [2.45, 2.75) is 37.6 Å². The lowest BCUT2D eigenvalue weighted by molar-refractivity contribution is 0.0998. The molecule has 1 amide bonds. The fraction of sp³-hybridized carbons (Fsp3) is 0.462. The van der Waals surface area contributed by atoms with E-state index in [-0.39, 0.29) is 17.0 Å². The van der Waals surface area contributed by atoms with Gasteiger partial charge in [-0.3, -0.25) is 4.79 Å². The zero-order valence-corrected chi connectivity index (χ0v) is 10.7. The molecule has 2 rings (SSSR count). The van der Waals surface area contributed by atoms with Crippen LogP contribution in [-0.4, -0.2) is 11.9 Å². The maximum atomic E-state index is 13.5. The number of hydrogen-bond acceptors (Lipinski definition) is 2. The molecule has 1 saturated carbocycles. The van der Waals surface area contributed by atoms with Crippen LogP contribution < -0.4 is 11.5 Å². The molecule has 0 aromatic heterocycles. The summed E-state index contributed by atoms with van der Waals surface area (Å²) in [5, 5.41) is 0.0202. The second-order valence-corrected chi connectivity index (χ2v) is 5.18. The smallest absolute Gasteiger partial charge is 0.249 e. The van der Waals surface area contributed by atoms with Crippen molar-refractivity contribution < 1.29 is 9.18 Å². The molecule has 0 atom stereocenters. The molecule has 0 saturated heterocycles. The Bertz CT molecular complexity index is 470. The van der Waals surface area contributed by atoms with Crippen molar-refractivity contribution in [1.82, 2.24) is 0 Å². The lowest BCUT2D eigenvalue weighted by Crippen LogP contribution is -2.27. The Balaban J connectivity index is 2.41. The molecule has 98 valence electrons. The molecule has 0 heterocycles. The van der Waals surface area contributed by atoms with Gasteiger partial charge in [-0.1, -0.05) is 11.6 Å². The standard InChI is InChI=1S/C13H16ClFN2O/c14-12-10(15)6-5-9(13(17)18)11(12)7-1-3-8(16)4-2-7/h5-8H,1-4,16H2,(H2,17,18)/t7-,8+. The normalized spacial score (nSPS) is 23.9. The molecule has 1 aliphatic carbocycles. The monoisotopic (exact) mass is 270 g/mol. The van der Waals surface area contributed by atoms with Gasteiger partial charge >= 0.3 is 0 Å². The SMILES string of the molecule is NC(=O)c1ccc(F)c(Cl)c1[C@H]1CC[C@@H](N)CC1. The first kappa shape index (κ1) is 13.3. The minimum absolute atomic E-state index is 0.0202. The van der Waals surface area contributed by atoms with Crippen LogP contribution in [0.3, 0.4) is 0 Å². The Labute approximate surface area is 110 Å². The summed E-state index contributed by atoms with van der Waals surface area (Å²) in [4.78, 5) is 11.4. The quantitative estimate of drug-likeness (QED) is 0.867. The zero-order valence-electron chi connectivity index (χ0n) is 9.96. The van der Waals surface area contributed by atoms with Crippen molar-refractivity contribution in [2.24, 2.45) is 11.5 Å². The third-order valence-electron chi connectivity index (χ3n) is 3.58. The summed E-state index contributed by atoms with van der Waals surface area (Å²) in [5.74, 6) is -1.01. The van der Waals surface area contributed by atoms with E-state index in [0.717, 1.165) is 25.7 Å². The third kappa shape index (κ3) is 2.49. The first-order chi connectivity index (χ1) is 8.50. The van der Waals surface area contributed by atoms with E-state index in [1.807, 2.05) is 0 Å². The first-order valence-electron chi connectivity index (χ1n) is 6.04. The summed E-state index contributed by atoms with van der Waals surface area (Å²) in [6.07, 6.45) is 3.33. The molecule has 18 heavy (non-hydrogen) atoms. The molecular formula is C13H16ClFN2O. The van der Waals surface area contributed by atoms with Crippen LogP contribution in [0, 0.1) is 5.82 Å². The molecule has 0 bridgehead atoms. The van der Waals surface area contributed by atoms with Crippen LogP contribution in [0.25, 0.3) is 0 Å². The van der Waals surface area contributed by atoms with Gasteiger partial charge in [-0.2, -0.15) is 0 Å². The van der Waals surface area contributed by atoms with Gasteiger partial charge in [0.1, 0.15) is 5.82 Å². The van der Waals surface area contributed by atoms with Crippen molar-refractivity contribution in [3.05, 3.63) is 34.1 Å². The van der Waals surface area contributed by atoms with Gasteiger partial charge in [0.25, 0.3) is 0 Å². The number of benzene rings is 1. The number of carbonyl (C=O) groups is 1. The second kappa shape index (κ2) is 5.24. The van der Waals surface area contributed by atoms with E-state index < -0.39 is 11.7 Å². The lowest BCUT2D eigenvalue weighted by atomic mass is 9.80. The van der Waals surface area contributed by atoms with Gasteiger partial charge in [0.05, 0.1) is 5.02 Å². The Morgan fingerprint density at radius 3 is 2.44 bits per heavy atom. The predicted octanol–water partition coefficient (Wildman–Crippen LogP) is 2.56. The van der Waals surface area contributed by atoms with Crippen molar-refractivity contribution >= 4 is 17.5 Å². The van der Waals surface area contributed by atoms with E-state index in [0.29, 0.717) is 11.1 Å². The van der Waals surface area contributed by atoms with Gasteiger partial charge in [-0.25, -0.2) is 4.39 Å². The minimum Gasteiger partial charge on any atom is -0.366 e. The summed E-state index contributed by atoms with van der Waals surface area (Å²) in [7, 11) is 0. The molecule has 0 radical (unpaired) electrons. The van der Waals surface area contributed by atoms with E-state index >= 15 is 0 Å². The van der Waals surface area contributed by atoms with Gasteiger partial charge in [0, 0.05) is 11.6 Å². The van der Waals surface area contributed by atoms with Crippen molar-refractivity contribution in [2.75, 3.05) is 0 Å². The average Bonchev–Trinajstić information content (AvgIpc) is 2.33. The molecule has 3 nitrogen and oxygen atoms in total. The topological polar surface area (TPSA) is 69.1 Å². The number of nitrogens with two attached hydrogens (primary N) is 2. The van der Waals surface area contributed by atoms with E-state index in [1.165, 1.54) is 12.1 Å². The fourth-order valence-electron chi connectivity index (χ4n) is 2.59. The molecule has 0 spiro atoms. The van der Waals surface area contributed by atoms with Gasteiger partial charge in [-0.15, -0.1) is 0 Å². The summed E-state index contributed by atoms with van der Waals surface area (Å²) in [6, 6.07) is 2.78. The highest BCUT2D eigenvalue weighted by Gasteiger charge is 2.26. The molecule has 1 fully saturated rings. The molecule has 5 heteroatoms. The molecular weight excluding hydrogens is 255 g/mol. The van der Waals surface area contributed by atoms with Crippen LogP contribution in [-0.2, 0) is 0 Å². The molecule has 0 unspecified atom stereocenters. The fourth-order valence-corrected chi connectivity index (χ4v) is 2.91. The Morgan fingerprint density at radius 1 is 1.28 bits per heavy atom. The summed E-state index contributed by atoms with van der Waals surface area (Å²) < 4.78 is 13.5. The Hall–Kier alpha value is -1.13. The predicted molar refractivity (Wildman–Crippen MR) is 69.1 cm³/mol. The van der Waals surface area contributed by atoms with Crippen LogP contribution in [0.5, 0.6) is 0 Å². The van der Waals surface area contributed by atoms with Crippen molar-refractivity contribution in [3.63, 3.8) is 0 Å². The van der Waals surface area contributed by atoms with Crippen LogP contribution in [0.4, 0.5) is 4.39 Å². The third-order valence-corrected chi connectivity index (χ3v) is 3.96. The number of amides is 1. The van der Waals surface area contributed by atoms with E-state index in [4.69, 9.17) is 23.1 Å². The molecule has 1 aromatic rings. The summed E-state index contributed by atoms with van der Waals surface area (Å²) in [5.41, 5.74) is 12.0. The Morgan fingerprint density at radius 2 is 1.89 bits per heavy atom. The van der Waals surface area contributed by atoms with Gasteiger partial charge in [-0.05, 0) is 49.3 Å². The zero-order chi connectivity index (χ0) is 13.3.